The minimum atomic E-state index is -3.78. The maximum Gasteiger partial charge on any atom is 0.312 e. The van der Waals surface area contributed by atoms with Gasteiger partial charge in [-0.15, -0.1) is 0 Å². The molecule has 5 fully saturated rings. The van der Waals surface area contributed by atoms with E-state index >= 15 is 0 Å². The topological polar surface area (TPSA) is 69.6 Å². The zero-order valence-electron chi connectivity index (χ0n) is 13.1. The molecule has 1 saturated heterocycles. The molecule has 1 aliphatic heterocycles. The third kappa shape index (κ3) is 2.22. The average Bonchev–Trinajstić information content (AvgIpc) is 2.85. The van der Waals surface area contributed by atoms with Crippen LogP contribution in [-0.2, 0) is 9.59 Å². The monoisotopic (exact) mass is 368 g/mol. The first-order chi connectivity index (χ1) is 11.3. The molecule has 0 aromatic rings. The van der Waals surface area contributed by atoms with Crippen molar-refractivity contribution in [1.29, 1.82) is 0 Å². The van der Waals surface area contributed by atoms with Crippen LogP contribution >= 0.6 is 0 Å². The zero-order chi connectivity index (χ0) is 18.5. The van der Waals surface area contributed by atoms with E-state index in [-0.39, 0.29) is 19.3 Å². The average molecular weight is 368 g/mol. The van der Waals surface area contributed by atoms with E-state index in [4.69, 9.17) is 0 Å². The number of aliphatic hydroxyl groups excluding tert-OH is 1. The van der Waals surface area contributed by atoms with Crippen molar-refractivity contribution in [2.75, 3.05) is 6.54 Å². The number of rotatable bonds is 1. The number of carbonyl (C=O) groups is 2. The van der Waals surface area contributed by atoms with Crippen LogP contribution in [0.5, 0.6) is 0 Å². The highest BCUT2D eigenvalue weighted by Gasteiger charge is 2.72. The van der Waals surface area contributed by atoms with Crippen molar-refractivity contribution >= 4 is 11.8 Å². The van der Waals surface area contributed by atoms with Gasteiger partial charge >= 0.3 is 11.8 Å². The fourth-order valence-electron chi connectivity index (χ4n) is 4.97. The van der Waals surface area contributed by atoms with Gasteiger partial charge in [-0.2, -0.15) is 0 Å². The molecule has 2 N–H and O–H groups in total. The number of alkyl halides is 5. The summed E-state index contributed by atoms with van der Waals surface area (Å²) in [5.41, 5.74) is -4.33. The Balaban J connectivity index is 1.55. The van der Waals surface area contributed by atoms with Gasteiger partial charge in [0.2, 0.25) is 0 Å². The largest absolute Gasteiger partial charge is 0.384 e. The zero-order valence-corrected chi connectivity index (χ0v) is 13.1. The molecule has 1 spiro atoms. The van der Waals surface area contributed by atoms with Gasteiger partial charge in [0.1, 0.15) is 11.8 Å². The van der Waals surface area contributed by atoms with E-state index in [1.54, 1.807) is 0 Å². The minimum absolute atomic E-state index is 0.0566. The Morgan fingerprint density at radius 3 is 2.08 bits per heavy atom. The molecule has 5 nitrogen and oxygen atoms in total. The first-order valence-corrected chi connectivity index (χ1v) is 8.09. The van der Waals surface area contributed by atoms with E-state index in [9.17, 15) is 36.6 Å². The summed E-state index contributed by atoms with van der Waals surface area (Å²) in [6, 6.07) is 0. The summed E-state index contributed by atoms with van der Waals surface area (Å²) in [7, 11) is 0. The van der Waals surface area contributed by atoms with E-state index in [2.05, 4.69) is 5.32 Å². The van der Waals surface area contributed by atoms with Crippen LogP contribution in [0.25, 0.3) is 0 Å². The number of amides is 2. The van der Waals surface area contributed by atoms with Crippen LogP contribution in [-0.4, -0.2) is 63.1 Å². The molecular weight excluding hydrogens is 351 g/mol. The Bertz CT molecular complexity index is 650. The smallest absolute Gasteiger partial charge is 0.312 e. The van der Waals surface area contributed by atoms with Gasteiger partial charge in [-0.25, -0.2) is 22.0 Å². The van der Waals surface area contributed by atoms with Gasteiger partial charge in [-0.1, -0.05) is 0 Å². The van der Waals surface area contributed by atoms with Crippen molar-refractivity contribution in [3.8, 4) is 0 Å². The maximum atomic E-state index is 14.0. The number of nitrogens with one attached hydrogen (secondary N) is 1. The number of halogens is 5. The molecular formula is C15H17F5N2O3. The molecule has 10 heteroatoms. The van der Waals surface area contributed by atoms with Gasteiger partial charge in [-0.05, 0) is 6.42 Å². The molecule has 4 saturated carbocycles. The van der Waals surface area contributed by atoms with Crippen LogP contribution in [0.2, 0.25) is 0 Å². The summed E-state index contributed by atoms with van der Waals surface area (Å²) in [6.45, 7) is -1.30. The van der Waals surface area contributed by atoms with Gasteiger partial charge in [0.25, 0.3) is 11.8 Å². The molecule has 5 aliphatic rings. The van der Waals surface area contributed by atoms with Crippen LogP contribution in [0.4, 0.5) is 22.0 Å². The lowest BCUT2D eigenvalue weighted by molar-refractivity contribution is -0.179. The first kappa shape index (κ1) is 17.0. The molecule has 0 aromatic carbocycles. The standard InChI is InChI=1S/C15H17F5N2O3/c16-11-3-12(4-11,5-11)21-8(23)9(24)22-7-15(19,20)10(25)13(22)1-2-14(17,18)6-13/h10,25H,1-7H2,(H,21,23)/t10-,11?,12?,13+/m1/s1. The van der Waals surface area contributed by atoms with Crippen LogP contribution in [0.1, 0.15) is 38.5 Å². The van der Waals surface area contributed by atoms with Gasteiger partial charge in [-0.3, -0.25) is 9.59 Å². The number of hydrogen-bond donors (Lipinski definition) is 2. The van der Waals surface area contributed by atoms with Gasteiger partial charge in [0.05, 0.1) is 12.1 Å². The first-order valence-electron chi connectivity index (χ1n) is 8.09. The van der Waals surface area contributed by atoms with Crippen molar-refractivity contribution in [3.05, 3.63) is 0 Å². The second-order valence-corrected chi connectivity index (χ2v) is 8.11. The second kappa shape index (κ2) is 4.44. The molecule has 25 heavy (non-hydrogen) atoms. The highest BCUT2D eigenvalue weighted by molar-refractivity contribution is 6.35. The summed E-state index contributed by atoms with van der Waals surface area (Å²) < 4.78 is 68.7. The van der Waals surface area contributed by atoms with Crippen molar-refractivity contribution < 1.29 is 36.6 Å². The van der Waals surface area contributed by atoms with Crippen molar-refractivity contribution in [2.24, 2.45) is 0 Å². The summed E-state index contributed by atoms with van der Waals surface area (Å²) >= 11 is 0. The van der Waals surface area contributed by atoms with Crippen molar-refractivity contribution in [1.82, 2.24) is 10.2 Å². The van der Waals surface area contributed by atoms with Crippen molar-refractivity contribution in [2.45, 2.75) is 73.2 Å². The molecule has 2 atom stereocenters. The van der Waals surface area contributed by atoms with Gasteiger partial charge in [0, 0.05) is 37.6 Å². The maximum absolute atomic E-state index is 14.0. The predicted molar refractivity (Wildman–Crippen MR) is 72.8 cm³/mol. The third-order valence-electron chi connectivity index (χ3n) is 6.09. The third-order valence-corrected chi connectivity index (χ3v) is 6.09. The quantitative estimate of drug-likeness (QED) is 0.539. The lowest BCUT2D eigenvalue weighted by Gasteiger charge is -2.65. The van der Waals surface area contributed by atoms with E-state index in [1.807, 2.05) is 0 Å². The summed E-state index contributed by atoms with van der Waals surface area (Å²) in [5, 5.41) is 12.3. The molecule has 0 aromatic heterocycles. The molecule has 2 bridgehead atoms. The Kier molecular flexibility index (Phi) is 3.02. The van der Waals surface area contributed by atoms with E-state index < -0.39 is 72.3 Å². The van der Waals surface area contributed by atoms with E-state index in [1.165, 1.54) is 0 Å². The van der Waals surface area contributed by atoms with Crippen LogP contribution in [0, 0.1) is 0 Å². The fourth-order valence-corrected chi connectivity index (χ4v) is 4.97. The molecule has 0 radical (unpaired) electrons. The summed E-state index contributed by atoms with van der Waals surface area (Å²) in [5.74, 6) is -9.69. The highest BCUT2D eigenvalue weighted by Crippen LogP contribution is 2.63. The molecule has 5 rings (SSSR count). The lowest BCUT2D eigenvalue weighted by Crippen LogP contribution is -2.77. The molecule has 2 amide bonds. The molecule has 1 heterocycles. The van der Waals surface area contributed by atoms with Crippen LogP contribution < -0.4 is 5.32 Å². The number of nitrogens with zero attached hydrogens (tertiary/aromatic N) is 1. The lowest BCUT2D eigenvalue weighted by atomic mass is 9.47. The second-order valence-electron chi connectivity index (χ2n) is 8.11. The molecule has 0 unspecified atom stereocenters. The van der Waals surface area contributed by atoms with Crippen molar-refractivity contribution in [3.63, 3.8) is 0 Å². The van der Waals surface area contributed by atoms with Gasteiger partial charge < -0.3 is 15.3 Å². The minimum Gasteiger partial charge on any atom is -0.384 e. The van der Waals surface area contributed by atoms with Crippen LogP contribution in [0.15, 0.2) is 0 Å². The Morgan fingerprint density at radius 1 is 1.00 bits per heavy atom. The number of aliphatic hydroxyl groups is 1. The Morgan fingerprint density at radius 2 is 1.60 bits per heavy atom. The normalized spacial score (nSPS) is 45.8. The van der Waals surface area contributed by atoms with E-state index in [0.29, 0.717) is 4.90 Å². The summed E-state index contributed by atoms with van der Waals surface area (Å²) in [6.07, 6.45) is -4.68. The Labute approximate surface area is 139 Å². The SMILES string of the molecule is O=C(NC12CC(F)(C1)C2)C(=O)N1CC(F)(F)[C@H](O)[C@@]12CCC(F)(F)C2. The number of likely N-dealkylation sites (tertiary alicyclic amines) is 1. The summed E-state index contributed by atoms with van der Waals surface area (Å²) in [4.78, 5) is 24.9. The number of carbonyl (C=O) groups excluding carboxylic acids is 2. The highest BCUT2D eigenvalue weighted by atomic mass is 19.3. The van der Waals surface area contributed by atoms with Crippen LogP contribution in [0.3, 0.4) is 0 Å². The molecule has 140 valence electrons. The number of hydrogen-bond acceptors (Lipinski definition) is 3. The predicted octanol–water partition coefficient (Wildman–Crippen LogP) is 1.14. The van der Waals surface area contributed by atoms with Gasteiger partial charge in [0.15, 0.2) is 0 Å². The van der Waals surface area contributed by atoms with E-state index in [0.717, 1.165) is 0 Å². The Hall–Kier alpha value is -1.45. The fraction of sp³-hybridized carbons (Fsp3) is 0.867. The molecule has 4 aliphatic carbocycles.